The lowest BCUT2D eigenvalue weighted by molar-refractivity contribution is 0.350. The molecule has 1 aromatic rings. The zero-order valence-corrected chi connectivity index (χ0v) is 13.6. The van der Waals surface area contributed by atoms with Crippen LogP contribution in [-0.2, 0) is 0 Å². The molecule has 0 saturated heterocycles. The van der Waals surface area contributed by atoms with Crippen molar-refractivity contribution in [1.29, 1.82) is 0 Å². The fourth-order valence-corrected chi connectivity index (χ4v) is 3.89. The number of nitrogens with zero attached hydrogens (tertiary/aromatic N) is 1. The SMILES string of the molecule is CSC1CCC(NC(C)c2c(C)nc(C)[nH]c2=O)CC1. The predicted molar refractivity (Wildman–Crippen MR) is 85.4 cm³/mol. The molecule has 0 spiro atoms. The molecule has 0 aliphatic heterocycles. The molecule has 5 heteroatoms. The van der Waals surface area contributed by atoms with Gasteiger partial charge in [-0.25, -0.2) is 4.98 Å². The molecular formula is C15H25N3OS. The molecule has 1 aliphatic rings. The van der Waals surface area contributed by atoms with Gasteiger partial charge in [0.25, 0.3) is 5.56 Å². The molecule has 1 aliphatic carbocycles. The van der Waals surface area contributed by atoms with Crippen LogP contribution in [0.15, 0.2) is 4.79 Å². The summed E-state index contributed by atoms with van der Waals surface area (Å²) in [5.74, 6) is 0.684. The van der Waals surface area contributed by atoms with Crippen LogP contribution in [0.4, 0.5) is 0 Å². The fourth-order valence-electron chi connectivity index (χ4n) is 3.15. The molecule has 1 fully saturated rings. The van der Waals surface area contributed by atoms with Crippen molar-refractivity contribution in [3.05, 3.63) is 27.4 Å². The van der Waals surface area contributed by atoms with Crippen LogP contribution in [-0.4, -0.2) is 27.5 Å². The summed E-state index contributed by atoms with van der Waals surface area (Å²) in [4.78, 5) is 19.3. The van der Waals surface area contributed by atoms with E-state index >= 15 is 0 Å². The van der Waals surface area contributed by atoms with Crippen molar-refractivity contribution in [2.45, 2.75) is 63.8 Å². The topological polar surface area (TPSA) is 57.8 Å². The maximum Gasteiger partial charge on any atom is 0.255 e. The summed E-state index contributed by atoms with van der Waals surface area (Å²) in [5, 5.41) is 4.43. The van der Waals surface area contributed by atoms with E-state index in [1.54, 1.807) is 0 Å². The Bertz CT molecular complexity index is 506. The maximum atomic E-state index is 12.1. The van der Waals surface area contributed by atoms with Crippen molar-refractivity contribution in [3.63, 3.8) is 0 Å². The van der Waals surface area contributed by atoms with Crippen LogP contribution in [0.1, 0.15) is 55.7 Å². The number of aromatic amines is 1. The van der Waals surface area contributed by atoms with Gasteiger partial charge in [-0.1, -0.05) is 0 Å². The van der Waals surface area contributed by atoms with Crippen LogP contribution in [0, 0.1) is 13.8 Å². The third kappa shape index (κ3) is 3.64. The third-order valence-corrected chi connectivity index (χ3v) is 5.33. The van der Waals surface area contributed by atoms with E-state index in [9.17, 15) is 4.79 Å². The molecule has 112 valence electrons. The van der Waals surface area contributed by atoms with Gasteiger partial charge in [0.1, 0.15) is 5.82 Å². The highest BCUT2D eigenvalue weighted by Crippen LogP contribution is 2.28. The Balaban J connectivity index is 2.02. The van der Waals surface area contributed by atoms with Gasteiger partial charge in [-0.3, -0.25) is 4.79 Å². The summed E-state index contributed by atoms with van der Waals surface area (Å²) in [6, 6.07) is 0.580. The Morgan fingerprint density at radius 1 is 1.30 bits per heavy atom. The van der Waals surface area contributed by atoms with Gasteiger partial charge in [0.05, 0.1) is 5.56 Å². The van der Waals surface area contributed by atoms with Crippen LogP contribution in [0.2, 0.25) is 0 Å². The number of H-pyrrole nitrogens is 1. The van der Waals surface area contributed by atoms with Crippen LogP contribution in [0.25, 0.3) is 0 Å². The van der Waals surface area contributed by atoms with Crippen molar-refractivity contribution in [3.8, 4) is 0 Å². The van der Waals surface area contributed by atoms with E-state index in [1.807, 2.05) is 25.6 Å². The van der Waals surface area contributed by atoms with E-state index in [4.69, 9.17) is 0 Å². The third-order valence-electron chi connectivity index (χ3n) is 4.19. The Labute approximate surface area is 125 Å². The Morgan fingerprint density at radius 3 is 2.50 bits per heavy atom. The van der Waals surface area contributed by atoms with Gasteiger partial charge >= 0.3 is 0 Å². The standard InChI is InChI=1S/C15H25N3OS/c1-9-14(15(19)18-11(3)16-9)10(2)17-12-5-7-13(20-4)8-6-12/h10,12-13,17H,5-8H2,1-4H3,(H,16,18,19). The highest BCUT2D eigenvalue weighted by atomic mass is 32.2. The van der Waals surface area contributed by atoms with Crippen molar-refractivity contribution >= 4 is 11.8 Å². The molecule has 2 rings (SSSR count). The molecule has 2 N–H and O–H groups in total. The van der Waals surface area contributed by atoms with Crippen molar-refractivity contribution < 1.29 is 0 Å². The molecule has 1 heterocycles. The molecule has 0 amide bonds. The van der Waals surface area contributed by atoms with E-state index in [-0.39, 0.29) is 11.6 Å². The lowest BCUT2D eigenvalue weighted by Gasteiger charge is -2.30. The normalized spacial score (nSPS) is 24.6. The predicted octanol–water partition coefficient (Wildman–Crippen LogP) is 2.71. The highest BCUT2D eigenvalue weighted by molar-refractivity contribution is 7.99. The number of thioether (sulfide) groups is 1. The lowest BCUT2D eigenvalue weighted by atomic mass is 9.93. The number of hydrogen-bond donors (Lipinski definition) is 2. The molecule has 1 aromatic heterocycles. The Morgan fingerprint density at radius 2 is 1.95 bits per heavy atom. The van der Waals surface area contributed by atoms with E-state index in [1.165, 1.54) is 25.7 Å². The van der Waals surface area contributed by atoms with Crippen LogP contribution >= 0.6 is 11.8 Å². The number of aromatic nitrogens is 2. The number of nitrogens with one attached hydrogen (secondary N) is 2. The van der Waals surface area contributed by atoms with E-state index in [0.717, 1.165) is 16.5 Å². The fraction of sp³-hybridized carbons (Fsp3) is 0.733. The summed E-state index contributed by atoms with van der Waals surface area (Å²) in [6.07, 6.45) is 7.14. The minimum Gasteiger partial charge on any atom is -0.310 e. The van der Waals surface area contributed by atoms with Gasteiger partial charge in [-0.05, 0) is 52.7 Å². The van der Waals surface area contributed by atoms with Gasteiger partial charge in [0, 0.05) is 23.0 Å². The van der Waals surface area contributed by atoms with Crippen LogP contribution in [0.5, 0.6) is 0 Å². The zero-order valence-electron chi connectivity index (χ0n) is 12.8. The number of rotatable bonds is 4. The molecule has 0 bridgehead atoms. The zero-order chi connectivity index (χ0) is 14.7. The lowest BCUT2D eigenvalue weighted by Crippen LogP contribution is -2.38. The molecule has 0 aromatic carbocycles. The largest absolute Gasteiger partial charge is 0.310 e. The second-order valence-electron chi connectivity index (χ2n) is 5.75. The van der Waals surface area contributed by atoms with E-state index in [0.29, 0.717) is 11.9 Å². The second-order valence-corrected chi connectivity index (χ2v) is 6.89. The molecule has 0 radical (unpaired) electrons. The first-order chi connectivity index (χ1) is 9.51. The van der Waals surface area contributed by atoms with Gasteiger partial charge < -0.3 is 10.3 Å². The molecule has 1 saturated carbocycles. The smallest absolute Gasteiger partial charge is 0.255 e. The first-order valence-electron chi connectivity index (χ1n) is 7.37. The van der Waals surface area contributed by atoms with Gasteiger partial charge in [0.15, 0.2) is 0 Å². The van der Waals surface area contributed by atoms with Crippen LogP contribution in [0.3, 0.4) is 0 Å². The van der Waals surface area contributed by atoms with Crippen molar-refractivity contribution in [2.75, 3.05) is 6.26 Å². The van der Waals surface area contributed by atoms with Crippen LogP contribution < -0.4 is 10.9 Å². The van der Waals surface area contributed by atoms with Gasteiger partial charge in [-0.15, -0.1) is 0 Å². The van der Waals surface area contributed by atoms with E-state index in [2.05, 4.69) is 28.5 Å². The minimum absolute atomic E-state index is 0.00667. The summed E-state index contributed by atoms with van der Waals surface area (Å²) in [6.45, 7) is 5.80. The monoisotopic (exact) mass is 295 g/mol. The first-order valence-corrected chi connectivity index (χ1v) is 8.66. The number of hydrogen-bond acceptors (Lipinski definition) is 4. The Hall–Kier alpha value is -0.810. The first kappa shape index (κ1) is 15.6. The summed E-state index contributed by atoms with van der Waals surface area (Å²) in [7, 11) is 0. The molecule has 1 atom stereocenters. The van der Waals surface area contributed by atoms with Crippen molar-refractivity contribution in [2.24, 2.45) is 0 Å². The average Bonchev–Trinajstić information content (AvgIpc) is 2.38. The van der Waals surface area contributed by atoms with Crippen molar-refractivity contribution in [1.82, 2.24) is 15.3 Å². The number of aryl methyl sites for hydroxylation is 2. The summed E-state index contributed by atoms with van der Waals surface area (Å²) < 4.78 is 0. The average molecular weight is 295 g/mol. The highest BCUT2D eigenvalue weighted by Gasteiger charge is 2.23. The minimum atomic E-state index is -0.00667. The maximum absolute atomic E-state index is 12.1. The molecule has 1 unspecified atom stereocenters. The summed E-state index contributed by atoms with van der Waals surface area (Å²) in [5.41, 5.74) is 1.61. The molecular weight excluding hydrogens is 270 g/mol. The van der Waals surface area contributed by atoms with Gasteiger partial charge in [0.2, 0.25) is 0 Å². The van der Waals surface area contributed by atoms with Gasteiger partial charge in [-0.2, -0.15) is 11.8 Å². The molecule has 4 nitrogen and oxygen atoms in total. The summed E-state index contributed by atoms with van der Waals surface area (Å²) >= 11 is 1.98. The molecule has 20 heavy (non-hydrogen) atoms. The second kappa shape index (κ2) is 6.76. The van der Waals surface area contributed by atoms with E-state index < -0.39 is 0 Å². The quantitative estimate of drug-likeness (QED) is 0.896. The Kier molecular flexibility index (Phi) is 5.27.